The van der Waals surface area contributed by atoms with Gasteiger partial charge in [-0.05, 0) is 25.1 Å². The molecule has 1 aliphatic rings. The van der Waals surface area contributed by atoms with Crippen molar-refractivity contribution in [2.75, 3.05) is 6.54 Å². The van der Waals surface area contributed by atoms with Crippen LogP contribution in [-0.4, -0.2) is 31.0 Å². The Labute approximate surface area is 119 Å². The molecule has 2 rings (SSSR count). The molecule has 1 amide bonds. The summed E-state index contributed by atoms with van der Waals surface area (Å²) in [6.45, 7) is 1.39. The number of hydrogen-bond donors (Lipinski definition) is 0. The lowest BCUT2D eigenvalue weighted by atomic mass is 10.1. The van der Waals surface area contributed by atoms with Gasteiger partial charge in [-0.2, -0.15) is 0 Å². The van der Waals surface area contributed by atoms with Crippen molar-refractivity contribution in [1.29, 1.82) is 0 Å². The fourth-order valence-corrected chi connectivity index (χ4v) is 3.30. The lowest BCUT2D eigenvalue weighted by Gasteiger charge is -2.25. The van der Waals surface area contributed by atoms with Crippen molar-refractivity contribution in [3.8, 4) is 0 Å². The van der Waals surface area contributed by atoms with E-state index in [1.807, 2.05) is 0 Å². The lowest BCUT2D eigenvalue weighted by molar-refractivity contribution is -0.129. The van der Waals surface area contributed by atoms with Gasteiger partial charge in [0.15, 0.2) is 0 Å². The van der Waals surface area contributed by atoms with Crippen molar-refractivity contribution in [1.82, 2.24) is 4.90 Å². The molecule has 0 bridgehead atoms. The lowest BCUT2D eigenvalue weighted by Crippen LogP contribution is -2.30. The molecule has 1 aromatic rings. The summed E-state index contributed by atoms with van der Waals surface area (Å²) in [7, 11) is 1.38. The Morgan fingerprint density at radius 2 is 2.05 bits per heavy atom. The number of carbonyl (C=O) groups is 1. The van der Waals surface area contributed by atoms with E-state index in [1.165, 1.54) is 11.8 Å². The molecule has 1 aliphatic heterocycles. The van der Waals surface area contributed by atoms with Crippen molar-refractivity contribution in [3.05, 3.63) is 35.4 Å². The molecule has 0 saturated carbocycles. The van der Waals surface area contributed by atoms with Crippen LogP contribution in [0.5, 0.6) is 0 Å². The van der Waals surface area contributed by atoms with E-state index in [1.54, 1.807) is 0 Å². The number of rotatable bonds is 3. The topological polar surface area (TPSA) is 54.5 Å². The Morgan fingerprint density at radius 3 is 2.60 bits per heavy atom. The molecule has 1 aromatic carbocycles. The van der Waals surface area contributed by atoms with Gasteiger partial charge in [0.2, 0.25) is 15.0 Å². The zero-order chi connectivity index (χ0) is 15.1. The van der Waals surface area contributed by atoms with Crippen molar-refractivity contribution in [3.63, 3.8) is 0 Å². The fraction of sp³-hybridized carbons (Fsp3) is 0.417. The Hall–Kier alpha value is -1.21. The minimum Gasteiger partial charge on any atom is -0.334 e. The maximum atomic E-state index is 13.7. The first-order chi connectivity index (χ1) is 9.20. The first kappa shape index (κ1) is 15.2. The summed E-state index contributed by atoms with van der Waals surface area (Å²) in [6, 6.07) is 2.18. The quantitative estimate of drug-likeness (QED) is 0.801. The molecule has 2 unspecified atom stereocenters. The highest BCUT2D eigenvalue weighted by Gasteiger charge is 2.40. The first-order valence-electron chi connectivity index (χ1n) is 5.88. The fourth-order valence-electron chi connectivity index (χ4n) is 2.26. The van der Waals surface area contributed by atoms with Gasteiger partial charge >= 0.3 is 0 Å². The minimum atomic E-state index is -3.86. The number of carbonyl (C=O) groups excluding carboxylic acids is 1. The zero-order valence-electron chi connectivity index (χ0n) is 10.5. The smallest absolute Gasteiger partial charge is 0.237 e. The molecule has 0 radical (unpaired) electrons. The standard InChI is InChI=1S/C12H12ClF2NO3S/c1-7(10-4-8(14)2-3-11(10)15)16-6-9(5-12(16)17)20(13,18)19/h2-4,7,9H,5-6H2,1H3. The van der Waals surface area contributed by atoms with Gasteiger partial charge < -0.3 is 4.90 Å². The van der Waals surface area contributed by atoms with Crippen LogP contribution in [0.1, 0.15) is 24.9 Å². The van der Waals surface area contributed by atoms with Gasteiger partial charge in [-0.1, -0.05) is 0 Å². The largest absolute Gasteiger partial charge is 0.334 e. The number of benzene rings is 1. The second kappa shape index (κ2) is 5.29. The molecule has 4 nitrogen and oxygen atoms in total. The van der Waals surface area contributed by atoms with E-state index in [-0.39, 0.29) is 18.5 Å². The van der Waals surface area contributed by atoms with Crippen LogP contribution in [0.2, 0.25) is 0 Å². The van der Waals surface area contributed by atoms with Crippen LogP contribution in [0.3, 0.4) is 0 Å². The normalized spacial score (nSPS) is 21.3. The highest BCUT2D eigenvalue weighted by molar-refractivity contribution is 8.14. The van der Waals surface area contributed by atoms with Crippen molar-refractivity contribution in [2.24, 2.45) is 0 Å². The molecule has 0 spiro atoms. The van der Waals surface area contributed by atoms with Crippen LogP contribution >= 0.6 is 10.7 Å². The summed E-state index contributed by atoms with van der Waals surface area (Å²) in [5.74, 6) is -1.72. The summed E-state index contributed by atoms with van der Waals surface area (Å²) in [4.78, 5) is 13.0. The molecule has 1 fully saturated rings. The second-order valence-corrected chi connectivity index (χ2v) is 7.60. The molecule has 0 aliphatic carbocycles. The maximum Gasteiger partial charge on any atom is 0.237 e. The van der Waals surface area contributed by atoms with E-state index in [9.17, 15) is 22.0 Å². The Morgan fingerprint density at radius 1 is 1.40 bits per heavy atom. The van der Waals surface area contributed by atoms with Gasteiger partial charge in [-0.25, -0.2) is 17.2 Å². The molecule has 1 saturated heterocycles. The predicted octanol–water partition coefficient (Wildman–Crippen LogP) is 2.20. The maximum absolute atomic E-state index is 13.7. The summed E-state index contributed by atoms with van der Waals surface area (Å²) >= 11 is 0. The molecular formula is C12H12ClF2NO3S. The van der Waals surface area contributed by atoms with E-state index >= 15 is 0 Å². The Bertz CT molecular complexity index is 650. The third-order valence-corrected chi connectivity index (χ3v) is 5.26. The number of likely N-dealkylation sites (tertiary alicyclic amines) is 1. The van der Waals surface area contributed by atoms with Crippen LogP contribution in [0.15, 0.2) is 18.2 Å². The van der Waals surface area contributed by atoms with Gasteiger partial charge in [0.1, 0.15) is 16.9 Å². The van der Waals surface area contributed by atoms with Crippen LogP contribution in [0, 0.1) is 11.6 Å². The van der Waals surface area contributed by atoms with E-state index in [4.69, 9.17) is 10.7 Å². The van der Waals surface area contributed by atoms with E-state index in [2.05, 4.69) is 0 Å². The van der Waals surface area contributed by atoms with Gasteiger partial charge in [0, 0.05) is 29.2 Å². The predicted molar refractivity (Wildman–Crippen MR) is 69.7 cm³/mol. The van der Waals surface area contributed by atoms with Crippen LogP contribution < -0.4 is 0 Å². The highest BCUT2D eigenvalue weighted by atomic mass is 35.7. The molecule has 2 atom stereocenters. The number of amides is 1. The van der Waals surface area contributed by atoms with Gasteiger partial charge in [-0.3, -0.25) is 4.79 Å². The number of nitrogens with zero attached hydrogens (tertiary/aromatic N) is 1. The number of halogens is 3. The van der Waals surface area contributed by atoms with Crippen molar-refractivity contribution >= 4 is 25.6 Å². The van der Waals surface area contributed by atoms with Gasteiger partial charge in [0.05, 0.1) is 6.04 Å². The average molecular weight is 324 g/mol. The Balaban J connectivity index is 2.28. The third kappa shape index (κ3) is 2.93. The van der Waals surface area contributed by atoms with Crippen LogP contribution in [0.4, 0.5) is 8.78 Å². The zero-order valence-corrected chi connectivity index (χ0v) is 12.1. The van der Waals surface area contributed by atoms with Gasteiger partial charge in [-0.15, -0.1) is 0 Å². The summed E-state index contributed by atoms with van der Waals surface area (Å²) in [6.07, 6.45) is -0.243. The molecule has 0 N–H and O–H groups in total. The SMILES string of the molecule is CC(c1cc(F)ccc1F)N1CC(S(=O)(=O)Cl)CC1=O. The van der Waals surface area contributed by atoms with Crippen LogP contribution in [-0.2, 0) is 13.8 Å². The molecule has 110 valence electrons. The average Bonchev–Trinajstić information content (AvgIpc) is 2.73. The second-order valence-electron chi connectivity index (χ2n) is 4.69. The first-order valence-corrected chi connectivity index (χ1v) is 8.25. The molecule has 1 heterocycles. The molecular weight excluding hydrogens is 312 g/mol. The summed E-state index contributed by atoms with van der Waals surface area (Å²) in [5, 5.41) is -1.02. The van der Waals surface area contributed by atoms with Gasteiger partial charge in [0.25, 0.3) is 0 Å². The molecule has 8 heteroatoms. The minimum absolute atomic E-state index is 0.00553. The summed E-state index contributed by atoms with van der Waals surface area (Å²) < 4.78 is 49.4. The van der Waals surface area contributed by atoms with E-state index in [0.717, 1.165) is 18.2 Å². The Kier molecular flexibility index (Phi) is 4.02. The van der Waals surface area contributed by atoms with Crippen LogP contribution in [0.25, 0.3) is 0 Å². The van der Waals surface area contributed by atoms with Crippen molar-refractivity contribution in [2.45, 2.75) is 24.6 Å². The number of hydrogen-bond acceptors (Lipinski definition) is 3. The molecule has 0 aromatic heterocycles. The molecule has 20 heavy (non-hydrogen) atoms. The van der Waals surface area contributed by atoms with Crippen molar-refractivity contribution < 1.29 is 22.0 Å². The summed E-state index contributed by atoms with van der Waals surface area (Å²) in [5.41, 5.74) is 0.00553. The highest BCUT2D eigenvalue weighted by Crippen LogP contribution is 2.31. The van der Waals surface area contributed by atoms with E-state index < -0.39 is 37.9 Å². The monoisotopic (exact) mass is 323 g/mol. The third-order valence-electron chi connectivity index (χ3n) is 3.40. The van der Waals surface area contributed by atoms with E-state index in [0.29, 0.717) is 0 Å².